The Labute approximate surface area is 157 Å². The molecule has 1 heterocycles. The molecule has 25 heavy (non-hydrogen) atoms. The fourth-order valence-electron chi connectivity index (χ4n) is 2.41. The Bertz CT molecular complexity index is 866. The van der Waals surface area contributed by atoms with Crippen molar-refractivity contribution >= 4 is 29.0 Å². The number of aryl methyl sites for hydroxylation is 1. The molecule has 2 aromatic carbocycles. The molecule has 4 nitrogen and oxygen atoms in total. The number of halogens is 2. The number of nitrogens with one attached hydrogen (secondary N) is 1. The standard InChI is InChI=1S/C19H18Cl2N4/c1-12-2-3-14(8-16(12)21)18-9-19(25-11-24-18)23-10-17(22)13-4-6-15(20)7-5-13/h2-9,11,17H,10,22H2,1H3,(H,23,24,25)/t17-/m1/s1. The van der Waals surface area contributed by atoms with Crippen LogP contribution in [0.4, 0.5) is 5.82 Å². The first kappa shape index (κ1) is 17.7. The van der Waals surface area contributed by atoms with Gasteiger partial charge in [-0.15, -0.1) is 0 Å². The summed E-state index contributed by atoms with van der Waals surface area (Å²) < 4.78 is 0. The molecule has 3 N–H and O–H groups in total. The van der Waals surface area contributed by atoms with E-state index in [4.69, 9.17) is 28.9 Å². The summed E-state index contributed by atoms with van der Waals surface area (Å²) in [6.45, 7) is 2.52. The lowest BCUT2D eigenvalue weighted by molar-refractivity contribution is 0.761. The maximum Gasteiger partial charge on any atom is 0.130 e. The minimum atomic E-state index is -0.162. The van der Waals surface area contributed by atoms with Crippen molar-refractivity contribution in [2.45, 2.75) is 13.0 Å². The van der Waals surface area contributed by atoms with Crippen LogP contribution in [0.5, 0.6) is 0 Å². The van der Waals surface area contributed by atoms with Crippen LogP contribution in [0.25, 0.3) is 11.3 Å². The number of anilines is 1. The molecule has 0 fully saturated rings. The molecule has 6 heteroatoms. The van der Waals surface area contributed by atoms with Gasteiger partial charge in [0, 0.05) is 34.3 Å². The number of nitrogens with two attached hydrogens (primary N) is 1. The molecule has 0 saturated carbocycles. The average Bonchev–Trinajstić information content (AvgIpc) is 2.63. The van der Waals surface area contributed by atoms with Gasteiger partial charge in [0.1, 0.15) is 12.1 Å². The second kappa shape index (κ2) is 7.83. The number of aromatic nitrogens is 2. The van der Waals surface area contributed by atoms with Crippen molar-refractivity contribution in [1.82, 2.24) is 9.97 Å². The minimum absolute atomic E-state index is 0.162. The maximum absolute atomic E-state index is 6.21. The van der Waals surface area contributed by atoms with Crippen LogP contribution in [0.15, 0.2) is 54.9 Å². The van der Waals surface area contributed by atoms with Gasteiger partial charge in [-0.05, 0) is 36.2 Å². The third-order valence-electron chi connectivity index (χ3n) is 3.94. The zero-order valence-corrected chi connectivity index (χ0v) is 15.2. The Morgan fingerprint density at radius 1 is 1.04 bits per heavy atom. The highest BCUT2D eigenvalue weighted by molar-refractivity contribution is 6.31. The van der Waals surface area contributed by atoms with Crippen LogP contribution >= 0.6 is 23.2 Å². The van der Waals surface area contributed by atoms with Gasteiger partial charge < -0.3 is 11.1 Å². The predicted octanol–water partition coefficient (Wildman–Crippen LogP) is 4.87. The van der Waals surface area contributed by atoms with Crippen LogP contribution < -0.4 is 11.1 Å². The molecule has 0 aliphatic heterocycles. The molecule has 0 saturated heterocycles. The fourth-order valence-corrected chi connectivity index (χ4v) is 2.71. The highest BCUT2D eigenvalue weighted by atomic mass is 35.5. The molecule has 3 aromatic rings. The van der Waals surface area contributed by atoms with Crippen molar-refractivity contribution in [3.05, 3.63) is 76.0 Å². The van der Waals surface area contributed by atoms with E-state index in [-0.39, 0.29) is 6.04 Å². The second-order valence-electron chi connectivity index (χ2n) is 5.79. The number of hydrogen-bond donors (Lipinski definition) is 2. The van der Waals surface area contributed by atoms with Crippen LogP contribution in [0.2, 0.25) is 10.0 Å². The molecule has 0 aliphatic rings. The van der Waals surface area contributed by atoms with Gasteiger partial charge in [0.25, 0.3) is 0 Å². The van der Waals surface area contributed by atoms with Crippen molar-refractivity contribution in [3.63, 3.8) is 0 Å². The van der Waals surface area contributed by atoms with E-state index in [9.17, 15) is 0 Å². The zero-order chi connectivity index (χ0) is 17.8. The van der Waals surface area contributed by atoms with E-state index >= 15 is 0 Å². The average molecular weight is 373 g/mol. The maximum atomic E-state index is 6.21. The highest BCUT2D eigenvalue weighted by Crippen LogP contribution is 2.25. The van der Waals surface area contributed by atoms with E-state index in [2.05, 4.69) is 15.3 Å². The van der Waals surface area contributed by atoms with Crippen molar-refractivity contribution in [2.24, 2.45) is 5.73 Å². The first-order valence-corrected chi connectivity index (χ1v) is 8.62. The largest absolute Gasteiger partial charge is 0.368 e. The van der Waals surface area contributed by atoms with Gasteiger partial charge in [-0.3, -0.25) is 0 Å². The lowest BCUT2D eigenvalue weighted by Crippen LogP contribution is -2.21. The molecule has 128 valence electrons. The van der Waals surface area contributed by atoms with Gasteiger partial charge in [-0.25, -0.2) is 9.97 Å². The van der Waals surface area contributed by atoms with Gasteiger partial charge in [0.15, 0.2) is 0 Å². The smallest absolute Gasteiger partial charge is 0.130 e. The lowest BCUT2D eigenvalue weighted by atomic mass is 10.1. The van der Waals surface area contributed by atoms with Crippen LogP contribution in [-0.4, -0.2) is 16.5 Å². The summed E-state index contributed by atoms with van der Waals surface area (Å²) in [7, 11) is 0. The molecule has 1 atom stereocenters. The molecule has 0 unspecified atom stereocenters. The Hall–Kier alpha value is -2.14. The van der Waals surface area contributed by atoms with Crippen LogP contribution in [0.1, 0.15) is 17.2 Å². The van der Waals surface area contributed by atoms with Gasteiger partial charge in [-0.2, -0.15) is 0 Å². The third kappa shape index (κ3) is 4.48. The van der Waals surface area contributed by atoms with Crippen molar-refractivity contribution in [3.8, 4) is 11.3 Å². The van der Waals surface area contributed by atoms with E-state index < -0.39 is 0 Å². The normalized spacial score (nSPS) is 12.0. The predicted molar refractivity (Wildman–Crippen MR) is 104 cm³/mol. The summed E-state index contributed by atoms with van der Waals surface area (Å²) in [5.41, 5.74) is 10.0. The fraction of sp³-hybridized carbons (Fsp3) is 0.158. The van der Waals surface area contributed by atoms with E-state index in [1.54, 1.807) is 0 Å². The first-order chi connectivity index (χ1) is 12.0. The Morgan fingerprint density at radius 2 is 1.80 bits per heavy atom. The quantitative estimate of drug-likeness (QED) is 0.670. The van der Waals surface area contributed by atoms with Crippen LogP contribution in [0, 0.1) is 6.92 Å². The van der Waals surface area contributed by atoms with Crippen LogP contribution in [-0.2, 0) is 0 Å². The van der Waals surface area contributed by atoms with Crippen molar-refractivity contribution < 1.29 is 0 Å². The summed E-state index contributed by atoms with van der Waals surface area (Å²) in [4.78, 5) is 8.57. The number of rotatable bonds is 5. The third-order valence-corrected chi connectivity index (χ3v) is 4.60. The Kier molecular flexibility index (Phi) is 5.53. The van der Waals surface area contributed by atoms with Crippen molar-refractivity contribution in [1.29, 1.82) is 0 Å². The topological polar surface area (TPSA) is 63.8 Å². The van der Waals surface area contributed by atoms with Gasteiger partial charge in [-0.1, -0.05) is 47.5 Å². The van der Waals surface area contributed by atoms with E-state index in [0.717, 1.165) is 27.4 Å². The monoisotopic (exact) mass is 372 g/mol. The van der Waals surface area contributed by atoms with Gasteiger partial charge in [0.2, 0.25) is 0 Å². The zero-order valence-electron chi connectivity index (χ0n) is 13.7. The highest BCUT2D eigenvalue weighted by Gasteiger charge is 2.08. The molecule has 0 aliphatic carbocycles. The van der Waals surface area contributed by atoms with E-state index in [1.807, 2.05) is 55.5 Å². The molecule has 1 aromatic heterocycles. The van der Waals surface area contributed by atoms with Crippen LogP contribution in [0.3, 0.4) is 0 Å². The first-order valence-electron chi connectivity index (χ1n) is 7.86. The summed E-state index contributed by atoms with van der Waals surface area (Å²) >= 11 is 12.1. The summed E-state index contributed by atoms with van der Waals surface area (Å²) in [5, 5.41) is 4.67. The molecule has 3 rings (SSSR count). The molecule has 0 amide bonds. The molecule has 0 spiro atoms. The SMILES string of the molecule is Cc1ccc(-c2cc(NC[C@@H](N)c3ccc(Cl)cc3)ncn2)cc1Cl. The lowest BCUT2D eigenvalue weighted by Gasteiger charge is -2.14. The minimum Gasteiger partial charge on any atom is -0.368 e. The van der Waals surface area contributed by atoms with E-state index in [0.29, 0.717) is 17.4 Å². The van der Waals surface area contributed by atoms with Gasteiger partial charge in [0.05, 0.1) is 5.69 Å². The van der Waals surface area contributed by atoms with E-state index in [1.165, 1.54) is 6.33 Å². The molecule has 0 radical (unpaired) electrons. The molecular formula is C19H18Cl2N4. The molecular weight excluding hydrogens is 355 g/mol. The second-order valence-corrected chi connectivity index (χ2v) is 6.64. The molecule has 0 bridgehead atoms. The number of hydrogen-bond acceptors (Lipinski definition) is 4. The number of benzene rings is 2. The summed E-state index contributed by atoms with van der Waals surface area (Å²) in [6.07, 6.45) is 1.53. The van der Waals surface area contributed by atoms with Crippen molar-refractivity contribution in [2.75, 3.05) is 11.9 Å². The van der Waals surface area contributed by atoms with Gasteiger partial charge >= 0.3 is 0 Å². The number of nitrogens with zero attached hydrogens (tertiary/aromatic N) is 2. The Balaban J connectivity index is 1.71. The summed E-state index contributed by atoms with van der Waals surface area (Å²) in [5.74, 6) is 0.714. The Morgan fingerprint density at radius 3 is 2.52 bits per heavy atom. The summed E-state index contributed by atoms with van der Waals surface area (Å²) in [6, 6.07) is 15.1.